The normalized spacial score (nSPS) is 15.4. The molecule has 4 rings (SSSR count). The van der Waals surface area contributed by atoms with Crippen molar-refractivity contribution in [3.8, 4) is 5.75 Å². The molecule has 1 fully saturated rings. The molecule has 10 heteroatoms. The van der Waals surface area contributed by atoms with Gasteiger partial charge in [0, 0.05) is 47.9 Å². The summed E-state index contributed by atoms with van der Waals surface area (Å²) in [6.07, 6.45) is -3.19. The summed E-state index contributed by atoms with van der Waals surface area (Å²) >= 11 is 3.39. The van der Waals surface area contributed by atoms with Crippen molar-refractivity contribution in [3.05, 3.63) is 47.1 Å². The molecule has 1 aromatic heterocycles. The first-order valence-corrected chi connectivity index (χ1v) is 10.1. The molecule has 0 radical (unpaired) electrons. The van der Waals surface area contributed by atoms with E-state index in [1.54, 1.807) is 18.3 Å². The highest BCUT2D eigenvalue weighted by Gasteiger charge is 2.32. The molecule has 0 amide bonds. The van der Waals surface area contributed by atoms with Gasteiger partial charge in [0.05, 0.1) is 11.2 Å². The first-order valence-electron chi connectivity index (χ1n) is 9.29. The first kappa shape index (κ1) is 20.7. The third-order valence-corrected chi connectivity index (χ3v) is 5.34. The van der Waals surface area contributed by atoms with Crippen molar-refractivity contribution in [2.45, 2.75) is 6.36 Å². The molecule has 0 aliphatic carbocycles. The molecule has 0 saturated carbocycles. The zero-order chi connectivity index (χ0) is 21.3. The van der Waals surface area contributed by atoms with Crippen molar-refractivity contribution in [3.63, 3.8) is 0 Å². The Hall–Kier alpha value is -2.59. The minimum Gasteiger partial charge on any atom is -0.404 e. The van der Waals surface area contributed by atoms with Crippen LogP contribution in [0.5, 0.6) is 5.75 Å². The summed E-state index contributed by atoms with van der Waals surface area (Å²) in [5.74, 6) is -0.151. The van der Waals surface area contributed by atoms with Crippen LogP contribution in [-0.2, 0) is 0 Å². The number of rotatable bonds is 4. The number of nitrogens with one attached hydrogen (secondary N) is 1. The number of aromatic nitrogens is 2. The van der Waals surface area contributed by atoms with E-state index in [1.807, 2.05) is 25.2 Å². The fraction of sp³-hybridized carbons (Fsp3) is 0.300. The van der Waals surface area contributed by atoms with Crippen molar-refractivity contribution in [2.24, 2.45) is 0 Å². The van der Waals surface area contributed by atoms with Crippen molar-refractivity contribution >= 4 is 44.2 Å². The fourth-order valence-electron chi connectivity index (χ4n) is 3.27. The lowest BCUT2D eigenvalue weighted by Crippen LogP contribution is -2.44. The second kappa shape index (κ2) is 8.27. The number of alkyl halides is 3. The quantitative estimate of drug-likeness (QED) is 0.578. The SMILES string of the molecule is CN1CCN(c2ccc(OC(F)(F)F)c(Nc3ncc4ccc(Br)cc4n3)c2)CC1. The third kappa shape index (κ3) is 4.93. The van der Waals surface area contributed by atoms with Crippen molar-refractivity contribution in [1.29, 1.82) is 0 Å². The first-order chi connectivity index (χ1) is 14.3. The number of nitrogens with zero attached hydrogens (tertiary/aromatic N) is 4. The molecule has 0 unspecified atom stereocenters. The summed E-state index contributed by atoms with van der Waals surface area (Å²) in [5, 5.41) is 3.72. The van der Waals surface area contributed by atoms with E-state index in [0.29, 0.717) is 5.52 Å². The summed E-state index contributed by atoms with van der Waals surface area (Å²) in [6.45, 7) is 3.34. The predicted molar refractivity (Wildman–Crippen MR) is 113 cm³/mol. The second-order valence-corrected chi connectivity index (χ2v) is 7.96. The van der Waals surface area contributed by atoms with Crippen molar-refractivity contribution in [2.75, 3.05) is 43.4 Å². The van der Waals surface area contributed by atoms with Gasteiger partial charge in [0.1, 0.15) is 0 Å². The topological polar surface area (TPSA) is 53.5 Å². The Morgan fingerprint density at radius 3 is 2.57 bits per heavy atom. The van der Waals surface area contributed by atoms with Crippen molar-refractivity contribution in [1.82, 2.24) is 14.9 Å². The number of anilines is 3. The number of hydrogen-bond acceptors (Lipinski definition) is 6. The van der Waals surface area contributed by atoms with Crippen LogP contribution in [0.4, 0.5) is 30.5 Å². The number of likely N-dealkylation sites (N-methyl/N-ethyl adjacent to an activating group) is 1. The molecule has 1 aliphatic heterocycles. The lowest BCUT2D eigenvalue weighted by atomic mass is 10.2. The van der Waals surface area contributed by atoms with Gasteiger partial charge in [-0.2, -0.15) is 0 Å². The molecule has 1 saturated heterocycles. The van der Waals surface area contributed by atoms with Crippen molar-refractivity contribution < 1.29 is 17.9 Å². The van der Waals surface area contributed by atoms with Gasteiger partial charge in [-0.25, -0.2) is 9.97 Å². The molecule has 1 aliphatic rings. The van der Waals surface area contributed by atoms with E-state index >= 15 is 0 Å². The number of benzene rings is 2. The van der Waals surface area contributed by atoms with Gasteiger partial charge in [0.2, 0.25) is 5.95 Å². The average molecular weight is 482 g/mol. The van der Waals surface area contributed by atoms with Crippen LogP contribution >= 0.6 is 15.9 Å². The number of ether oxygens (including phenoxy) is 1. The maximum Gasteiger partial charge on any atom is 0.573 e. The Morgan fingerprint density at radius 2 is 1.83 bits per heavy atom. The van der Waals surface area contributed by atoms with Gasteiger partial charge in [-0.1, -0.05) is 22.0 Å². The smallest absolute Gasteiger partial charge is 0.404 e. The van der Waals surface area contributed by atoms with E-state index in [1.165, 1.54) is 6.07 Å². The second-order valence-electron chi connectivity index (χ2n) is 7.04. The van der Waals surface area contributed by atoms with E-state index in [0.717, 1.165) is 41.7 Å². The Kier molecular flexibility index (Phi) is 5.70. The molecule has 158 valence electrons. The number of hydrogen-bond donors (Lipinski definition) is 1. The van der Waals surface area contributed by atoms with Crippen LogP contribution in [0.2, 0.25) is 0 Å². The van der Waals surface area contributed by atoms with Gasteiger partial charge < -0.3 is 19.9 Å². The molecule has 2 heterocycles. The van der Waals surface area contributed by atoms with Crippen LogP contribution in [0.3, 0.4) is 0 Å². The van der Waals surface area contributed by atoms with E-state index in [4.69, 9.17) is 0 Å². The highest BCUT2D eigenvalue weighted by molar-refractivity contribution is 9.10. The van der Waals surface area contributed by atoms with Crippen LogP contribution in [0, 0.1) is 0 Å². The van der Waals surface area contributed by atoms with Crippen LogP contribution in [0.1, 0.15) is 0 Å². The van der Waals surface area contributed by atoms with E-state index < -0.39 is 6.36 Å². The molecule has 6 nitrogen and oxygen atoms in total. The van der Waals surface area contributed by atoms with Gasteiger partial charge in [-0.3, -0.25) is 0 Å². The largest absolute Gasteiger partial charge is 0.573 e. The summed E-state index contributed by atoms with van der Waals surface area (Å²) in [6, 6.07) is 10.1. The number of fused-ring (bicyclic) bond motifs is 1. The van der Waals surface area contributed by atoms with Gasteiger partial charge in [0.15, 0.2) is 5.75 Å². The Labute approximate surface area is 179 Å². The van der Waals surface area contributed by atoms with Crippen LogP contribution in [-0.4, -0.2) is 54.5 Å². The Morgan fingerprint density at radius 1 is 1.07 bits per heavy atom. The molecule has 1 N–H and O–H groups in total. The molecule has 0 atom stereocenters. The molecule has 0 spiro atoms. The maximum atomic E-state index is 12.9. The fourth-order valence-corrected chi connectivity index (χ4v) is 3.62. The zero-order valence-corrected chi connectivity index (χ0v) is 17.7. The van der Waals surface area contributed by atoms with Gasteiger partial charge in [-0.05, 0) is 37.4 Å². The molecule has 3 aromatic rings. The molecule has 30 heavy (non-hydrogen) atoms. The average Bonchev–Trinajstić information content (AvgIpc) is 2.68. The summed E-state index contributed by atoms with van der Waals surface area (Å²) in [7, 11) is 2.04. The highest BCUT2D eigenvalue weighted by Crippen LogP contribution is 2.35. The highest BCUT2D eigenvalue weighted by atomic mass is 79.9. The maximum absolute atomic E-state index is 12.9. The lowest BCUT2D eigenvalue weighted by Gasteiger charge is -2.34. The summed E-state index contributed by atoms with van der Waals surface area (Å²) < 4.78 is 43.8. The van der Waals surface area contributed by atoms with Crippen LogP contribution in [0.25, 0.3) is 10.9 Å². The van der Waals surface area contributed by atoms with Gasteiger partial charge in [-0.15, -0.1) is 13.2 Å². The number of halogens is 4. The zero-order valence-electron chi connectivity index (χ0n) is 16.1. The third-order valence-electron chi connectivity index (χ3n) is 4.85. The molecule has 2 aromatic carbocycles. The monoisotopic (exact) mass is 481 g/mol. The lowest BCUT2D eigenvalue weighted by molar-refractivity contribution is -0.274. The van der Waals surface area contributed by atoms with E-state index in [2.05, 4.69) is 45.8 Å². The molecular formula is C20H19BrF3N5O. The molecular weight excluding hydrogens is 463 g/mol. The van der Waals surface area contributed by atoms with Crippen LogP contribution < -0.4 is 15.0 Å². The number of piperazine rings is 1. The summed E-state index contributed by atoms with van der Waals surface area (Å²) in [4.78, 5) is 13.0. The standard InChI is InChI=1S/C20H19BrF3N5O/c1-28-6-8-29(9-7-28)15-4-5-18(30-20(22,23)24)17(11-15)27-19-25-12-13-2-3-14(21)10-16(13)26-19/h2-5,10-12H,6-9H2,1H3,(H,25,26,27). The van der Waals surface area contributed by atoms with Gasteiger partial charge in [0.25, 0.3) is 0 Å². The Balaban J connectivity index is 1.67. The van der Waals surface area contributed by atoms with Gasteiger partial charge >= 0.3 is 6.36 Å². The minimum atomic E-state index is -4.80. The van der Waals surface area contributed by atoms with E-state index in [-0.39, 0.29) is 17.4 Å². The predicted octanol–water partition coefficient (Wildman–Crippen LogP) is 4.79. The van der Waals surface area contributed by atoms with E-state index in [9.17, 15) is 13.2 Å². The Bertz CT molecular complexity index is 1050. The molecule has 0 bridgehead atoms. The minimum absolute atomic E-state index is 0.151. The van der Waals surface area contributed by atoms with Crippen LogP contribution in [0.15, 0.2) is 47.1 Å². The summed E-state index contributed by atoms with van der Waals surface area (Å²) in [5.41, 5.74) is 1.62.